The van der Waals surface area contributed by atoms with Crippen molar-refractivity contribution in [2.75, 3.05) is 26.8 Å². The maximum atomic E-state index is 13.0. The highest BCUT2D eigenvalue weighted by Gasteiger charge is 2.29. The van der Waals surface area contributed by atoms with E-state index < -0.39 is 0 Å². The summed E-state index contributed by atoms with van der Waals surface area (Å²) in [6.45, 7) is 3.53. The van der Waals surface area contributed by atoms with Gasteiger partial charge >= 0.3 is 0 Å². The molecule has 0 radical (unpaired) electrons. The van der Waals surface area contributed by atoms with E-state index in [0.29, 0.717) is 54.1 Å². The van der Waals surface area contributed by atoms with Gasteiger partial charge in [-0.2, -0.15) is 0 Å². The molecule has 2 aromatic carbocycles. The molecule has 0 aromatic heterocycles. The van der Waals surface area contributed by atoms with Gasteiger partial charge in [-0.3, -0.25) is 9.59 Å². The minimum atomic E-state index is -0.0624. The molecule has 1 saturated heterocycles. The predicted octanol–water partition coefficient (Wildman–Crippen LogP) is 4.59. The number of carbonyl (C=O) groups is 2. The van der Waals surface area contributed by atoms with Crippen LogP contribution >= 0.6 is 15.9 Å². The highest BCUT2D eigenvalue weighted by Crippen LogP contribution is 2.37. The molecule has 1 aliphatic rings. The number of ketones is 1. The fraction of sp³-hybridized carbons (Fsp3) is 0.364. The first kappa shape index (κ1) is 20.4. The lowest BCUT2D eigenvalue weighted by molar-refractivity contribution is 0.0650. The molecule has 28 heavy (non-hydrogen) atoms. The second-order valence-electron chi connectivity index (χ2n) is 6.72. The van der Waals surface area contributed by atoms with E-state index in [4.69, 9.17) is 9.47 Å². The van der Waals surface area contributed by atoms with Crippen LogP contribution in [-0.2, 0) is 0 Å². The fourth-order valence-corrected chi connectivity index (χ4v) is 4.05. The van der Waals surface area contributed by atoms with Crippen molar-refractivity contribution >= 4 is 27.6 Å². The third-order valence-electron chi connectivity index (χ3n) is 4.98. The van der Waals surface area contributed by atoms with Crippen molar-refractivity contribution in [3.05, 3.63) is 58.1 Å². The molecule has 1 aliphatic heterocycles. The molecule has 0 saturated carbocycles. The molecule has 148 valence electrons. The Hall–Kier alpha value is -2.34. The van der Waals surface area contributed by atoms with Gasteiger partial charge in [-0.25, -0.2) is 0 Å². The van der Waals surface area contributed by atoms with Gasteiger partial charge in [0.05, 0.1) is 18.2 Å². The first-order valence-electron chi connectivity index (χ1n) is 9.44. The third kappa shape index (κ3) is 4.38. The summed E-state index contributed by atoms with van der Waals surface area (Å²) in [4.78, 5) is 27.4. The van der Waals surface area contributed by atoms with Gasteiger partial charge in [-0.15, -0.1) is 0 Å². The zero-order chi connectivity index (χ0) is 20.1. The molecular formula is C22H24BrNO4. The predicted molar refractivity (Wildman–Crippen MR) is 111 cm³/mol. The molecule has 0 aliphatic carbocycles. The monoisotopic (exact) mass is 445 g/mol. The van der Waals surface area contributed by atoms with Crippen LogP contribution in [0.4, 0.5) is 0 Å². The van der Waals surface area contributed by atoms with Crippen LogP contribution in [0.15, 0.2) is 46.9 Å². The summed E-state index contributed by atoms with van der Waals surface area (Å²) in [5, 5.41) is 0. The number of nitrogens with zero attached hydrogens (tertiary/aromatic N) is 1. The fourth-order valence-electron chi connectivity index (χ4n) is 3.49. The number of Topliss-reactive ketones (excluding diaryl/α,β-unsaturated/α-hetero) is 1. The second kappa shape index (κ2) is 9.24. The van der Waals surface area contributed by atoms with E-state index in [1.807, 2.05) is 37.3 Å². The molecule has 0 bridgehead atoms. The molecular weight excluding hydrogens is 422 g/mol. The summed E-state index contributed by atoms with van der Waals surface area (Å²) in [6.07, 6.45) is 1.35. The molecule has 0 spiro atoms. The quantitative estimate of drug-likeness (QED) is 0.610. The number of amides is 1. The van der Waals surface area contributed by atoms with Gasteiger partial charge in [0.1, 0.15) is 0 Å². The van der Waals surface area contributed by atoms with Crippen molar-refractivity contribution in [1.29, 1.82) is 0 Å². The zero-order valence-electron chi connectivity index (χ0n) is 16.1. The van der Waals surface area contributed by atoms with Gasteiger partial charge in [0, 0.05) is 30.1 Å². The average Bonchev–Trinajstić information content (AvgIpc) is 2.74. The Morgan fingerprint density at radius 3 is 2.39 bits per heavy atom. The van der Waals surface area contributed by atoms with Gasteiger partial charge in [0.2, 0.25) is 0 Å². The van der Waals surface area contributed by atoms with Crippen LogP contribution in [0.25, 0.3) is 0 Å². The normalized spacial score (nSPS) is 14.6. The Balaban J connectivity index is 1.68. The van der Waals surface area contributed by atoms with E-state index in [2.05, 4.69) is 15.9 Å². The zero-order valence-corrected chi connectivity index (χ0v) is 17.7. The number of likely N-dealkylation sites (tertiary alicyclic amines) is 1. The van der Waals surface area contributed by atoms with E-state index in [1.165, 1.54) is 0 Å². The van der Waals surface area contributed by atoms with Crippen molar-refractivity contribution in [1.82, 2.24) is 4.90 Å². The van der Waals surface area contributed by atoms with Gasteiger partial charge in [-0.05, 0) is 47.8 Å². The first-order valence-corrected chi connectivity index (χ1v) is 10.2. The van der Waals surface area contributed by atoms with Gasteiger partial charge in [0.15, 0.2) is 17.3 Å². The van der Waals surface area contributed by atoms with Crippen LogP contribution < -0.4 is 9.47 Å². The van der Waals surface area contributed by atoms with Gasteiger partial charge < -0.3 is 14.4 Å². The van der Waals surface area contributed by atoms with Gasteiger partial charge in [-0.1, -0.05) is 30.3 Å². The summed E-state index contributed by atoms with van der Waals surface area (Å²) in [5.41, 5.74) is 1.28. The highest BCUT2D eigenvalue weighted by atomic mass is 79.9. The van der Waals surface area contributed by atoms with Crippen LogP contribution in [0, 0.1) is 5.92 Å². The lowest BCUT2D eigenvalue weighted by Gasteiger charge is -2.31. The molecule has 3 rings (SSSR count). The Bertz CT molecular complexity index is 845. The first-order chi connectivity index (χ1) is 13.5. The SMILES string of the molecule is CCOc1c(Br)cc(C(=O)N2CCC(C(=O)c3ccccc3)CC2)cc1OC. The van der Waals surface area contributed by atoms with E-state index in [1.54, 1.807) is 24.1 Å². The van der Waals surface area contributed by atoms with E-state index in [0.717, 1.165) is 5.56 Å². The standard InChI is InChI=1S/C22H24BrNO4/c1-3-28-21-18(23)13-17(14-19(21)27-2)22(26)24-11-9-16(10-12-24)20(25)15-7-5-4-6-8-15/h4-8,13-14,16H,3,9-12H2,1-2H3. The lowest BCUT2D eigenvalue weighted by Crippen LogP contribution is -2.40. The molecule has 1 heterocycles. The number of rotatable bonds is 6. The minimum Gasteiger partial charge on any atom is -0.493 e. The average molecular weight is 446 g/mol. The van der Waals surface area contributed by atoms with Crippen molar-refractivity contribution in [3.63, 3.8) is 0 Å². The van der Waals surface area contributed by atoms with Crippen molar-refractivity contribution < 1.29 is 19.1 Å². The van der Waals surface area contributed by atoms with Crippen molar-refractivity contribution in [2.24, 2.45) is 5.92 Å². The number of hydrogen-bond acceptors (Lipinski definition) is 4. The topological polar surface area (TPSA) is 55.8 Å². The number of carbonyl (C=O) groups excluding carboxylic acids is 2. The lowest BCUT2D eigenvalue weighted by atomic mass is 9.88. The third-order valence-corrected chi connectivity index (χ3v) is 5.57. The summed E-state index contributed by atoms with van der Waals surface area (Å²) < 4.78 is 11.7. The molecule has 2 aromatic rings. The minimum absolute atomic E-state index is 0.0342. The molecule has 0 N–H and O–H groups in total. The number of halogens is 1. The Labute approximate surface area is 173 Å². The molecule has 1 fully saturated rings. The molecule has 6 heteroatoms. The molecule has 0 unspecified atom stereocenters. The van der Waals surface area contributed by atoms with Crippen molar-refractivity contribution in [2.45, 2.75) is 19.8 Å². The van der Waals surface area contributed by atoms with Crippen LogP contribution in [0.3, 0.4) is 0 Å². The highest BCUT2D eigenvalue weighted by molar-refractivity contribution is 9.10. The number of benzene rings is 2. The Kier molecular flexibility index (Phi) is 6.73. The van der Waals surface area contributed by atoms with E-state index in [9.17, 15) is 9.59 Å². The summed E-state index contributed by atoms with van der Waals surface area (Å²) >= 11 is 3.47. The maximum Gasteiger partial charge on any atom is 0.254 e. The Morgan fingerprint density at radius 2 is 1.79 bits per heavy atom. The van der Waals surface area contributed by atoms with Crippen LogP contribution in [-0.4, -0.2) is 43.4 Å². The Morgan fingerprint density at radius 1 is 1.11 bits per heavy atom. The number of hydrogen-bond donors (Lipinski definition) is 0. The summed E-state index contributed by atoms with van der Waals surface area (Å²) in [6, 6.07) is 12.8. The largest absolute Gasteiger partial charge is 0.493 e. The molecule has 0 atom stereocenters. The number of methoxy groups -OCH3 is 1. The van der Waals surface area contributed by atoms with Crippen LogP contribution in [0.1, 0.15) is 40.5 Å². The van der Waals surface area contributed by atoms with Crippen molar-refractivity contribution in [3.8, 4) is 11.5 Å². The van der Waals surface area contributed by atoms with E-state index in [-0.39, 0.29) is 17.6 Å². The maximum absolute atomic E-state index is 13.0. The van der Waals surface area contributed by atoms with Gasteiger partial charge in [0.25, 0.3) is 5.91 Å². The van der Waals surface area contributed by atoms with E-state index >= 15 is 0 Å². The number of ether oxygens (including phenoxy) is 2. The van der Waals surface area contributed by atoms with Crippen LogP contribution in [0.5, 0.6) is 11.5 Å². The smallest absolute Gasteiger partial charge is 0.254 e. The number of piperidine rings is 1. The summed E-state index contributed by atoms with van der Waals surface area (Å²) in [7, 11) is 1.55. The summed E-state index contributed by atoms with van der Waals surface area (Å²) in [5.74, 6) is 1.18. The second-order valence-corrected chi connectivity index (χ2v) is 7.57. The van der Waals surface area contributed by atoms with Crippen LogP contribution in [0.2, 0.25) is 0 Å². The molecule has 1 amide bonds. The molecule has 5 nitrogen and oxygen atoms in total.